The molecule has 3 heteroatoms. The summed E-state index contributed by atoms with van der Waals surface area (Å²) >= 11 is 0. The smallest absolute Gasteiger partial charge is 0.0645 e. The molecule has 0 radical (unpaired) electrons. The predicted octanol–water partition coefficient (Wildman–Crippen LogP) is 3.66. The maximum absolute atomic E-state index is 4.22. The molecule has 1 N–H and O–H groups in total. The molecule has 0 saturated heterocycles. The topological polar surface area (TPSA) is 29.9 Å². The van der Waals surface area contributed by atoms with Gasteiger partial charge in [0.05, 0.1) is 5.69 Å². The average molecular weight is 269 g/mol. The minimum absolute atomic E-state index is 0.152. The molecule has 1 aromatic heterocycles. The number of hydrogen-bond acceptors (Lipinski definition) is 2. The Morgan fingerprint density at radius 3 is 2.50 bits per heavy atom. The van der Waals surface area contributed by atoms with E-state index in [-0.39, 0.29) is 5.54 Å². The van der Waals surface area contributed by atoms with Crippen molar-refractivity contribution in [2.24, 2.45) is 0 Å². The monoisotopic (exact) mass is 269 g/mol. The summed E-state index contributed by atoms with van der Waals surface area (Å²) < 4.78 is 1.86. The van der Waals surface area contributed by atoms with Crippen LogP contribution in [0.3, 0.4) is 0 Å². The first kappa shape index (κ1) is 14.5. The van der Waals surface area contributed by atoms with Crippen molar-refractivity contribution in [2.75, 3.05) is 6.54 Å². The van der Waals surface area contributed by atoms with Crippen LogP contribution in [0.25, 0.3) is 11.8 Å². The molecule has 20 heavy (non-hydrogen) atoms. The molecule has 1 aromatic carbocycles. The van der Waals surface area contributed by atoms with Gasteiger partial charge in [-0.1, -0.05) is 23.8 Å². The average Bonchev–Trinajstić information content (AvgIpc) is 2.90. The maximum atomic E-state index is 4.22. The van der Waals surface area contributed by atoms with Gasteiger partial charge in [-0.25, -0.2) is 4.68 Å². The lowest BCUT2D eigenvalue weighted by molar-refractivity contribution is 0.445. The lowest BCUT2D eigenvalue weighted by atomic mass is 10.1. The molecule has 0 amide bonds. The van der Waals surface area contributed by atoms with Gasteiger partial charge in [0.15, 0.2) is 0 Å². The van der Waals surface area contributed by atoms with E-state index in [4.69, 9.17) is 0 Å². The van der Waals surface area contributed by atoms with E-state index in [1.165, 1.54) is 11.1 Å². The summed E-state index contributed by atoms with van der Waals surface area (Å²) in [5.41, 5.74) is 3.78. The van der Waals surface area contributed by atoms with Crippen molar-refractivity contribution in [1.29, 1.82) is 0 Å². The highest BCUT2D eigenvalue weighted by atomic mass is 15.3. The van der Waals surface area contributed by atoms with Gasteiger partial charge in [-0.15, -0.1) is 0 Å². The minimum atomic E-state index is 0.152. The highest BCUT2D eigenvalue weighted by Crippen LogP contribution is 2.12. The molecule has 106 valence electrons. The highest BCUT2D eigenvalue weighted by Gasteiger charge is 2.07. The molecular weight excluding hydrogens is 246 g/mol. The Labute approximate surface area is 121 Å². The van der Waals surface area contributed by atoms with Crippen LogP contribution in [-0.2, 0) is 0 Å². The molecule has 0 bridgehead atoms. The van der Waals surface area contributed by atoms with Crippen molar-refractivity contribution in [3.8, 4) is 5.69 Å². The van der Waals surface area contributed by atoms with Gasteiger partial charge in [0.25, 0.3) is 0 Å². The van der Waals surface area contributed by atoms with E-state index in [9.17, 15) is 0 Å². The van der Waals surface area contributed by atoms with E-state index in [1.54, 1.807) is 6.20 Å². The van der Waals surface area contributed by atoms with Gasteiger partial charge >= 0.3 is 0 Å². The number of hydrogen-bond donors (Lipinski definition) is 1. The fourth-order valence-electron chi connectivity index (χ4n) is 1.88. The molecule has 2 aromatic rings. The normalized spacial score (nSPS) is 12.7. The summed E-state index contributed by atoms with van der Waals surface area (Å²) in [5.74, 6) is 0. The number of nitrogens with zero attached hydrogens (tertiary/aromatic N) is 2. The fraction of sp³-hybridized carbons (Fsp3) is 0.353. The maximum Gasteiger partial charge on any atom is 0.0645 e. The van der Waals surface area contributed by atoms with E-state index in [0.29, 0.717) is 0 Å². The van der Waals surface area contributed by atoms with Crippen LogP contribution in [-0.4, -0.2) is 21.9 Å². The van der Waals surface area contributed by atoms with Gasteiger partial charge in [-0.2, -0.15) is 5.10 Å². The van der Waals surface area contributed by atoms with Crippen molar-refractivity contribution in [3.05, 3.63) is 53.9 Å². The van der Waals surface area contributed by atoms with E-state index >= 15 is 0 Å². The van der Waals surface area contributed by atoms with Crippen LogP contribution < -0.4 is 5.32 Å². The zero-order chi connectivity index (χ0) is 14.6. The minimum Gasteiger partial charge on any atom is -0.308 e. The van der Waals surface area contributed by atoms with Crippen molar-refractivity contribution < 1.29 is 0 Å². The molecule has 0 unspecified atom stereocenters. The molecule has 0 spiro atoms. The molecule has 2 rings (SSSR count). The van der Waals surface area contributed by atoms with E-state index in [1.807, 2.05) is 16.9 Å². The second kappa shape index (κ2) is 6.06. The van der Waals surface area contributed by atoms with Gasteiger partial charge in [-0.05, 0) is 51.5 Å². The second-order valence-corrected chi connectivity index (χ2v) is 6.14. The lowest BCUT2D eigenvalue weighted by Crippen LogP contribution is -2.36. The standard InChI is InChI=1S/C17H23N3/c1-14(13-18-17(2,3)4)12-15-6-8-16(9-7-15)20-11-5-10-19-20/h5-12,18H,13H2,1-4H3. The molecule has 0 fully saturated rings. The number of benzene rings is 1. The first-order chi connectivity index (χ1) is 9.44. The summed E-state index contributed by atoms with van der Waals surface area (Å²) in [5, 5.41) is 7.72. The lowest BCUT2D eigenvalue weighted by Gasteiger charge is -2.20. The van der Waals surface area contributed by atoms with Crippen LogP contribution in [0.5, 0.6) is 0 Å². The molecule has 0 aliphatic heterocycles. The Morgan fingerprint density at radius 1 is 1.25 bits per heavy atom. The Kier molecular flexibility index (Phi) is 4.40. The molecular formula is C17H23N3. The summed E-state index contributed by atoms with van der Waals surface area (Å²) in [7, 11) is 0. The zero-order valence-corrected chi connectivity index (χ0v) is 12.7. The summed E-state index contributed by atoms with van der Waals surface area (Å²) in [6.45, 7) is 9.60. The third-order valence-corrected chi connectivity index (χ3v) is 2.97. The SMILES string of the molecule is CC(=Cc1ccc(-n2cccn2)cc1)CNC(C)(C)C. The number of nitrogens with one attached hydrogen (secondary N) is 1. The van der Waals surface area contributed by atoms with E-state index in [2.05, 4.69) is 68.5 Å². The fourth-order valence-corrected chi connectivity index (χ4v) is 1.88. The zero-order valence-electron chi connectivity index (χ0n) is 12.7. The molecule has 1 heterocycles. The third kappa shape index (κ3) is 4.35. The Balaban J connectivity index is 2.03. The molecule has 3 nitrogen and oxygen atoms in total. The van der Waals surface area contributed by atoms with Crippen molar-refractivity contribution >= 4 is 6.08 Å². The predicted molar refractivity (Wildman–Crippen MR) is 85.0 cm³/mol. The van der Waals surface area contributed by atoms with E-state index < -0.39 is 0 Å². The van der Waals surface area contributed by atoms with Gasteiger partial charge in [-0.3, -0.25) is 0 Å². The second-order valence-electron chi connectivity index (χ2n) is 6.14. The highest BCUT2D eigenvalue weighted by molar-refractivity contribution is 5.54. The molecule has 0 saturated carbocycles. The van der Waals surface area contributed by atoms with Crippen LogP contribution in [0.2, 0.25) is 0 Å². The first-order valence-electron chi connectivity index (χ1n) is 6.96. The Hall–Kier alpha value is -1.87. The van der Waals surface area contributed by atoms with Crippen LogP contribution in [0.15, 0.2) is 48.3 Å². The molecule has 0 aliphatic carbocycles. The summed E-state index contributed by atoms with van der Waals surface area (Å²) in [6.07, 6.45) is 5.95. The van der Waals surface area contributed by atoms with E-state index in [0.717, 1.165) is 12.2 Å². The van der Waals surface area contributed by atoms with Crippen LogP contribution >= 0.6 is 0 Å². The molecule has 0 aliphatic rings. The quantitative estimate of drug-likeness (QED) is 0.918. The number of aromatic nitrogens is 2. The Bertz CT molecular complexity index is 557. The van der Waals surface area contributed by atoms with Crippen LogP contribution in [0, 0.1) is 0 Å². The third-order valence-electron chi connectivity index (χ3n) is 2.97. The van der Waals surface area contributed by atoms with Crippen LogP contribution in [0.4, 0.5) is 0 Å². The van der Waals surface area contributed by atoms with Crippen molar-refractivity contribution in [3.63, 3.8) is 0 Å². The van der Waals surface area contributed by atoms with Crippen LogP contribution in [0.1, 0.15) is 33.3 Å². The number of rotatable bonds is 4. The molecule has 0 atom stereocenters. The summed E-state index contributed by atoms with van der Waals surface area (Å²) in [6, 6.07) is 10.3. The van der Waals surface area contributed by atoms with Gasteiger partial charge in [0, 0.05) is 24.5 Å². The largest absolute Gasteiger partial charge is 0.308 e. The summed E-state index contributed by atoms with van der Waals surface area (Å²) in [4.78, 5) is 0. The first-order valence-corrected chi connectivity index (χ1v) is 6.96. The van der Waals surface area contributed by atoms with Crippen molar-refractivity contribution in [1.82, 2.24) is 15.1 Å². The van der Waals surface area contributed by atoms with Gasteiger partial charge in [0.1, 0.15) is 0 Å². The van der Waals surface area contributed by atoms with Gasteiger partial charge in [0.2, 0.25) is 0 Å². The van der Waals surface area contributed by atoms with Gasteiger partial charge < -0.3 is 5.32 Å². The Morgan fingerprint density at radius 2 is 1.95 bits per heavy atom. The van der Waals surface area contributed by atoms with Crippen molar-refractivity contribution in [2.45, 2.75) is 33.2 Å².